The Morgan fingerprint density at radius 1 is 1.26 bits per heavy atom. The van der Waals surface area contributed by atoms with Crippen molar-refractivity contribution in [1.82, 2.24) is 15.0 Å². The molecule has 0 saturated carbocycles. The average molecular weight is 259 g/mol. The highest BCUT2D eigenvalue weighted by atomic mass is 16.5. The Bertz CT molecular complexity index is 585. The first-order valence-electron chi connectivity index (χ1n) is 6.53. The number of nitrogens with zero attached hydrogens (tertiary/aromatic N) is 3. The molecule has 100 valence electrons. The molecular weight excluding hydrogens is 242 g/mol. The Balaban J connectivity index is 1.72. The van der Waals surface area contributed by atoms with E-state index in [1.54, 1.807) is 0 Å². The number of piperazine rings is 1. The standard InChI is InChI=1S/C14H17N3O2/c1-16-6-8-17(9-7-16)14(18)10-13-11-4-2-3-5-12(11)15-19-13/h2-5H,6-10H2,1H3. The normalized spacial score (nSPS) is 17.0. The zero-order valence-electron chi connectivity index (χ0n) is 11.0. The predicted octanol–water partition coefficient (Wildman–Crippen LogP) is 1.14. The van der Waals surface area contributed by atoms with Gasteiger partial charge in [0.15, 0.2) is 5.76 Å². The molecule has 1 aliphatic heterocycles. The molecule has 1 aromatic heterocycles. The van der Waals surface area contributed by atoms with E-state index in [4.69, 9.17) is 4.52 Å². The van der Waals surface area contributed by atoms with Gasteiger partial charge in [-0.05, 0) is 19.2 Å². The van der Waals surface area contributed by atoms with E-state index in [0.29, 0.717) is 12.2 Å². The van der Waals surface area contributed by atoms with Crippen LogP contribution in [0.1, 0.15) is 5.76 Å². The number of likely N-dealkylation sites (N-methyl/N-ethyl adjacent to an activating group) is 1. The summed E-state index contributed by atoms with van der Waals surface area (Å²) in [5, 5.41) is 4.91. The fraction of sp³-hybridized carbons (Fsp3) is 0.429. The molecule has 1 saturated heterocycles. The third-order valence-corrected chi connectivity index (χ3v) is 3.63. The van der Waals surface area contributed by atoms with E-state index in [1.807, 2.05) is 29.2 Å². The minimum atomic E-state index is 0.120. The molecule has 2 aromatic rings. The molecule has 3 rings (SSSR count). The van der Waals surface area contributed by atoms with Gasteiger partial charge in [0.1, 0.15) is 5.52 Å². The molecule has 2 heterocycles. The topological polar surface area (TPSA) is 49.6 Å². The summed E-state index contributed by atoms with van der Waals surface area (Å²) in [5.74, 6) is 0.787. The summed E-state index contributed by atoms with van der Waals surface area (Å²) in [7, 11) is 2.08. The largest absolute Gasteiger partial charge is 0.360 e. The van der Waals surface area contributed by atoms with Crippen molar-refractivity contribution in [3.8, 4) is 0 Å². The molecule has 0 bridgehead atoms. The number of carbonyl (C=O) groups excluding carboxylic acids is 1. The average Bonchev–Trinajstić information content (AvgIpc) is 2.83. The van der Waals surface area contributed by atoms with Crippen LogP contribution in [-0.2, 0) is 11.2 Å². The maximum Gasteiger partial charge on any atom is 0.230 e. The molecule has 1 aliphatic rings. The van der Waals surface area contributed by atoms with Crippen LogP contribution in [0.15, 0.2) is 28.8 Å². The lowest BCUT2D eigenvalue weighted by Crippen LogP contribution is -2.47. The van der Waals surface area contributed by atoms with E-state index in [1.165, 1.54) is 0 Å². The van der Waals surface area contributed by atoms with Crippen molar-refractivity contribution in [2.45, 2.75) is 6.42 Å². The van der Waals surface area contributed by atoms with Gasteiger partial charge in [-0.25, -0.2) is 0 Å². The summed E-state index contributed by atoms with van der Waals surface area (Å²) in [5.41, 5.74) is 0.809. The molecule has 5 nitrogen and oxygen atoms in total. The van der Waals surface area contributed by atoms with Crippen molar-refractivity contribution in [3.63, 3.8) is 0 Å². The van der Waals surface area contributed by atoms with Crippen molar-refractivity contribution >= 4 is 16.8 Å². The second kappa shape index (κ2) is 5.01. The summed E-state index contributed by atoms with van der Waals surface area (Å²) in [4.78, 5) is 16.4. The molecule has 0 aliphatic carbocycles. The molecule has 5 heteroatoms. The number of amides is 1. The van der Waals surface area contributed by atoms with Gasteiger partial charge in [0.25, 0.3) is 0 Å². The van der Waals surface area contributed by atoms with E-state index in [9.17, 15) is 4.79 Å². The molecule has 1 aromatic carbocycles. The second-order valence-corrected chi connectivity index (χ2v) is 4.98. The third-order valence-electron chi connectivity index (χ3n) is 3.63. The minimum Gasteiger partial charge on any atom is -0.360 e. The highest BCUT2D eigenvalue weighted by Crippen LogP contribution is 2.18. The first kappa shape index (κ1) is 12.2. The van der Waals surface area contributed by atoms with Crippen molar-refractivity contribution < 1.29 is 9.32 Å². The number of hydrogen-bond acceptors (Lipinski definition) is 4. The molecule has 0 spiro atoms. The van der Waals surface area contributed by atoms with Gasteiger partial charge in [-0.1, -0.05) is 17.3 Å². The predicted molar refractivity (Wildman–Crippen MR) is 71.8 cm³/mol. The Morgan fingerprint density at radius 3 is 2.79 bits per heavy atom. The van der Waals surface area contributed by atoms with Crippen LogP contribution >= 0.6 is 0 Å². The van der Waals surface area contributed by atoms with Gasteiger partial charge in [-0.2, -0.15) is 0 Å². The quantitative estimate of drug-likeness (QED) is 0.811. The van der Waals surface area contributed by atoms with E-state index in [0.717, 1.165) is 37.1 Å². The zero-order valence-corrected chi connectivity index (χ0v) is 11.0. The Kier molecular flexibility index (Phi) is 3.21. The summed E-state index contributed by atoms with van der Waals surface area (Å²) in [6.07, 6.45) is 0.296. The van der Waals surface area contributed by atoms with Crippen molar-refractivity contribution in [1.29, 1.82) is 0 Å². The summed E-state index contributed by atoms with van der Waals surface area (Å²) in [6.45, 7) is 3.45. The maximum atomic E-state index is 12.2. The van der Waals surface area contributed by atoms with Crippen LogP contribution in [0.25, 0.3) is 10.9 Å². The van der Waals surface area contributed by atoms with E-state index >= 15 is 0 Å². The van der Waals surface area contributed by atoms with Gasteiger partial charge in [-0.3, -0.25) is 4.79 Å². The Labute approximate surface area is 111 Å². The van der Waals surface area contributed by atoms with Crippen LogP contribution < -0.4 is 0 Å². The highest BCUT2D eigenvalue weighted by molar-refractivity contribution is 5.86. The van der Waals surface area contributed by atoms with Crippen LogP contribution in [-0.4, -0.2) is 54.1 Å². The molecule has 19 heavy (non-hydrogen) atoms. The minimum absolute atomic E-state index is 0.120. The Morgan fingerprint density at radius 2 is 2.00 bits per heavy atom. The zero-order chi connectivity index (χ0) is 13.2. The summed E-state index contributed by atoms with van der Waals surface area (Å²) >= 11 is 0. The first-order chi connectivity index (χ1) is 9.24. The number of hydrogen-bond donors (Lipinski definition) is 0. The fourth-order valence-corrected chi connectivity index (χ4v) is 2.37. The van der Waals surface area contributed by atoms with E-state index in [2.05, 4.69) is 17.1 Å². The van der Waals surface area contributed by atoms with Crippen LogP contribution in [0, 0.1) is 0 Å². The number of aromatic nitrogens is 1. The first-order valence-corrected chi connectivity index (χ1v) is 6.53. The molecule has 0 N–H and O–H groups in total. The van der Waals surface area contributed by atoms with Gasteiger partial charge in [0, 0.05) is 31.6 Å². The highest BCUT2D eigenvalue weighted by Gasteiger charge is 2.21. The molecule has 1 amide bonds. The molecule has 0 radical (unpaired) electrons. The van der Waals surface area contributed by atoms with Gasteiger partial charge < -0.3 is 14.3 Å². The van der Waals surface area contributed by atoms with E-state index < -0.39 is 0 Å². The number of rotatable bonds is 2. The SMILES string of the molecule is CN1CCN(C(=O)Cc2onc3ccccc23)CC1. The Hall–Kier alpha value is -1.88. The lowest BCUT2D eigenvalue weighted by atomic mass is 10.1. The van der Waals surface area contributed by atoms with Crippen LogP contribution in [0.5, 0.6) is 0 Å². The number of carbonyl (C=O) groups is 1. The van der Waals surface area contributed by atoms with Gasteiger partial charge >= 0.3 is 0 Å². The fourth-order valence-electron chi connectivity index (χ4n) is 2.37. The van der Waals surface area contributed by atoms with Crippen molar-refractivity contribution in [2.75, 3.05) is 33.2 Å². The van der Waals surface area contributed by atoms with Gasteiger partial charge in [0.05, 0.1) is 6.42 Å². The summed E-state index contributed by atoms with van der Waals surface area (Å²) in [6, 6.07) is 7.68. The van der Waals surface area contributed by atoms with Gasteiger partial charge in [0.2, 0.25) is 5.91 Å². The van der Waals surface area contributed by atoms with Crippen LogP contribution in [0.4, 0.5) is 0 Å². The number of fused-ring (bicyclic) bond motifs is 1. The molecule has 0 atom stereocenters. The van der Waals surface area contributed by atoms with Crippen molar-refractivity contribution in [2.24, 2.45) is 0 Å². The second-order valence-electron chi connectivity index (χ2n) is 4.98. The lowest BCUT2D eigenvalue weighted by Gasteiger charge is -2.32. The van der Waals surface area contributed by atoms with Crippen LogP contribution in [0.2, 0.25) is 0 Å². The lowest BCUT2D eigenvalue weighted by molar-refractivity contribution is -0.132. The van der Waals surface area contributed by atoms with Crippen LogP contribution in [0.3, 0.4) is 0 Å². The molecule has 0 unspecified atom stereocenters. The maximum absolute atomic E-state index is 12.2. The smallest absolute Gasteiger partial charge is 0.230 e. The molecular formula is C14H17N3O2. The third kappa shape index (κ3) is 2.46. The van der Waals surface area contributed by atoms with Gasteiger partial charge in [-0.15, -0.1) is 0 Å². The number of benzene rings is 1. The van der Waals surface area contributed by atoms with Crippen molar-refractivity contribution in [3.05, 3.63) is 30.0 Å². The van der Waals surface area contributed by atoms with E-state index in [-0.39, 0.29) is 5.91 Å². The summed E-state index contributed by atoms with van der Waals surface area (Å²) < 4.78 is 5.29. The molecule has 1 fully saturated rings. The monoisotopic (exact) mass is 259 g/mol.